The molecule has 2 atom stereocenters. The molecule has 2 heterocycles. The van der Waals surface area contributed by atoms with E-state index in [-0.39, 0.29) is 28.9 Å². The van der Waals surface area contributed by atoms with Gasteiger partial charge in [0.25, 0.3) is 0 Å². The zero-order chi connectivity index (χ0) is 28.6. The predicted molar refractivity (Wildman–Crippen MR) is 150 cm³/mol. The van der Waals surface area contributed by atoms with Crippen LogP contribution in [0.2, 0.25) is 0 Å². The molecule has 1 unspecified atom stereocenters. The molecule has 0 saturated heterocycles. The van der Waals surface area contributed by atoms with Crippen molar-refractivity contribution in [1.29, 1.82) is 5.41 Å². The number of anilines is 1. The molecule has 11 heteroatoms. The maximum Gasteiger partial charge on any atom is 0.410 e. The average molecular weight is 552 g/mol. The minimum absolute atomic E-state index is 0.0655. The molecule has 10 nitrogen and oxygen atoms in total. The van der Waals surface area contributed by atoms with Gasteiger partial charge in [0.05, 0.1) is 0 Å². The molecule has 0 radical (unpaired) electrons. The summed E-state index contributed by atoms with van der Waals surface area (Å²) in [7, 11) is 0. The predicted octanol–water partition coefficient (Wildman–Crippen LogP) is 5.24. The van der Waals surface area contributed by atoms with Crippen LogP contribution in [-0.2, 0) is 12.1 Å². The largest absolute Gasteiger partial charge is 0.465 e. The highest BCUT2D eigenvalue weighted by atomic mass is 19.1. The van der Waals surface area contributed by atoms with Gasteiger partial charge < -0.3 is 20.1 Å². The van der Waals surface area contributed by atoms with Crippen LogP contribution in [0.25, 0.3) is 11.2 Å². The van der Waals surface area contributed by atoms with Crippen molar-refractivity contribution in [2.45, 2.75) is 83.9 Å². The van der Waals surface area contributed by atoms with Crippen molar-refractivity contribution in [3.05, 3.63) is 47.3 Å². The lowest BCUT2D eigenvalue weighted by Gasteiger charge is -2.33. The molecule has 5 N–H and O–H groups in total. The van der Waals surface area contributed by atoms with E-state index in [0.717, 1.165) is 38.5 Å². The molecule has 0 bridgehead atoms. The van der Waals surface area contributed by atoms with Crippen LogP contribution in [0.5, 0.6) is 0 Å². The van der Waals surface area contributed by atoms with E-state index in [4.69, 9.17) is 10.4 Å². The molecule has 2 fully saturated rings. The van der Waals surface area contributed by atoms with Crippen molar-refractivity contribution < 1.29 is 19.4 Å². The Morgan fingerprint density at radius 1 is 1.18 bits per heavy atom. The van der Waals surface area contributed by atoms with E-state index in [0.29, 0.717) is 35.6 Å². The number of imidazole rings is 1. The highest BCUT2D eigenvalue weighted by Gasteiger charge is 2.37. The Morgan fingerprint density at radius 3 is 2.50 bits per heavy atom. The first-order valence-electron chi connectivity index (χ1n) is 14.2. The maximum absolute atomic E-state index is 15.0. The lowest BCUT2D eigenvalue weighted by atomic mass is 9.80. The van der Waals surface area contributed by atoms with Crippen molar-refractivity contribution in [2.75, 3.05) is 5.32 Å². The number of carbonyl (C=O) groups is 1. The lowest BCUT2D eigenvalue weighted by Crippen LogP contribution is -2.33. The Hall–Kier alpha value is -3.60. The summed E-state index contributed by atoms with van der Waals surface area (Å²) in [5.74, 6) is 0.941. The van der Waals surface area contributed by atoms with Gasteiger partial charge in [0.2, 0.25) is 0 Å². The molecule has 1 amide bonds. The van der Waals surface area contributed by atoms with Gasteiger partial charge in [-0.15, -0.1) is 0 Å². The molecular formula is C29H38FN7O3. The monoisotopic (exact) mass is 551 g/mol. The first kappa shape index (κ1) is 27.9. The first-order valence-corrected chi connectivity index (χ1v) is 14.2. The fourth-order valence-electron chi connectivity index (χ4n) is 5.98. The van der Waals surface area contributed by atoms with Gasteiger partial charge in [-0.25, -0.2) is 24.1 Å². The number of hydrogen-bond donors (Lipinski definition) is 5. The highest BCUT2D eigenvalue weighted by Crippen LogP contribution is 2.38. The number of fused-ring (bicyclic) bond motifs is 1. The Morgan fingerprint density at radius 2 is 1.88 bits per heavy atom. The van der Waals surface area contributed by atoms with Gasteiger partial charge in [-0.3, -0.25) is 10.7 Å². The zero-order valence-corrected chi connectivity index (χ0v) is 23.2. The number of rotatable bonds is 8. The van der Waals surface area contributed by atoms with E-state index < -0.39 is 23.3 Å². The topological polar surface area (TPSA) is 149 Å². The van der Waals surface area contributed by atoms with Crippen LogP contribution in [0.3, 0.4) is 0 Å². The number of nitrogens with one attached hydrogen (secondary N) is 3. The van der Waals surface area contributed by atoms with E-state index in [9.17, 15) is 15.0 Å². The van der Waals surface area contributed by atoms with E-state index in [1.54, 1.807) is 18.2 Å². The smallest absolute Gasteiger partial charge is 0.410 e. The van der Waals surface area contributed by atoms with Crippen LogP contribution >= 0.6 is 0 Å². The third kappa shape index (κ3) is 5.52. The molecule has 3 aromatic rings. The van der Waals surface area contributed by atoms with Crippen LogP contribution in [0.15, 0.2) is 24.3 Å². The summed E-state index contributed by atoms with van der Waals surface area (Å²) in [6.45, 7) is 6.41. The Balaban J connectivity index is 1.69. The van der Waals surface area contributed by atoms with Crippen molar-refractivity contribution in [2.24, 2.45) is 17.8 Å². The Kier molecular flexibility index (Phi) is 7.76. The SMILES string of the molecule is C[C@@H](Nc1nc(C(=N)NC(=O)O)nc2nc(C(C)(O)c3ccccc3F)n(C[C@H]3CC[C@H](C)CC3)c12)C1CCC1. The molecule has 40 heavy (non-hydrogen) atoms. The van der Waals surface area contributed by atoms with E-state index in [2.05, 4.69) is 29.1 Å². The van der Waals surface area contributed by atoms with E-state index in [1.807, 2.05) is 9.88 Å². The number of halogens is 1. The van der Waals surface area contributed by atoms with Gasteiger partial charge in [-0.2, -0.15) is 0 Å². The number of amides is 1. The minimum Gasteiger partial charge on any atom is -0.465 e. The molecule has 0 aliphatic heterocycles. The zero-order valence-electron chi connectivity index (χ0n) is 23.2. The van der Waals surface area contributed by atoms with Crippen molar-refractivity contribution in [3.8, 4) is 0 Å². The summed E-state index contributed by atoms with van der Waals surface area (Å²) >= 11 is 0. The molecule has 1 aromatic carbocycles. The fourth-order valence-corrected chi connectivity index (χ4v) is 5.98. The second-order valence-electron chi connectivity index (χ2n) is 11.7. The van der Waals surface area contributed by atoms with E-state index >= 15 is 4.39 Å². The van der Waals surface area contributed by atoms with Gasteiger partial charge >= 0.3 is 6.09 Å². The second kappa shape index (κ2) is 11.1. The van der Waals surface area contributed by atoms with Crippen LogP contribution in [0, 0.1) is 29.0 Å². The molecule has 2 aliphatic rings. The lowest BCUT2D eigenvalue weighted by molar-refractivity contribution is 0.0826. The van der Waals surface area contributed by atoms with Crippen LogP contribution in [0.1, 0.15) is 82.9 Å². The number of hydrogen-bond acceptors (Lipinski definition) is 7. The molecular weight excluding hydrogens is 513 g/mol. The third-order valence-corrected chi connectivity index (χ3v) is 8.69. The summed E-state index contributed by atoms with van der Waals surface area (Å²) in [4.78, 5) is 25.0. The van der Waals surface area contributed by atoms with Gasteiger partial charge in [0, 0.05) is 18.2 Å². The molecule has 2 aromatic heterocycles. The van der Waals surface area contributed by atoms with Crippen LogP contribution < -0.4 is 10.6 Å². The van der Waals surface area contributed by atoms with Crippen molar-refractivity contribution in [3.63, 3.8) is 0 Å². The minimum atomic E-state index is -1.79. The first-order chi connectivity index (χ1) is 19.0. The number of aromatic nitrogens is 4. The van der Waals surface area contributed by atoms with Gasteiger partial charge in [0.15, 0.2) is 23.1 Å². The van der Waals surface area contributed by atoms with Crippen LogP contribution in [-0.4, -0.2) is 47.7 Å². The number of nitrogens with zero attached hydrogens (tertiary/aromatic N) is 4. The molecule has 214 valence electrons. The Bertz CT molecular complexity index is 1410. The van der Waals surface area contributed by atoms with Crippen LogP contribution in [0.4, 0.5) is 15.0 Å². The average Bonchev–Trinajstić information content (AvgIpc) is 3.23. The summed E-state index contributed by atoms with van der Waals surface area (Å²) in [6, 6.07) is 6.17. The van der Waals surface area contributed by atoms with Gasteiger partial charge in [-0.05, 0) is 63.4 Å². The molecule has 0 spiro atoms. The quantitative estimate of drug-likeness (QED) is 0.190. The van der Waals surface area contributed by atoms with Gasteiger partial charge in [0.1, 0.15) is 22.8 Å². The van der Waals surface area contributed by atoms with Gasteiger partial charge in [-0.1, -0.05) is 44.4 Å². The van der Waals surface area contributed by atoms with E-state index in [1.165, 1.54) is 19.4 Å². The molecule has 5 rings (SSSR count). The molecule has 2 saturated carbocycles. The highest BCUT2D eigenvalue weighted by molar-refractivity contribution is 6.03. The fraction of sp³-hybridized carbons (Fsp3) is 0.552. The maximum atomic E-state index is 15.0. The number of aliphatic hydroxyl groups is 1. The summed E-state index contributed by atoms with van der Waals surface area (Å²) < 4.78 is 16.9. The standard InChI is InChI=1S/C29H38FN7O3/c1-16-11-13-18(14-12-16)15-37-22-24(32-17(2)19-7-6-8-19)34-26(23(31)33-28(38)39)35-25(22)36-27(37)29(3,40)20-9-4-5-10-21(20)30/h4-5,9-10,16-19,40H,6-8,11-15H2,1-3H3,(H2,31,33)(H,38,39)(H,32,34,35)/t16-,17-,18-,29?/m1/s1. The van der Waals surface area contributed by atoms with Crippen molar-refractivity contribution in [1.82, 2.24) is 24.8 Å². The number of amidine groups is 1. The summed E-state index contributed by atoms with van der Waals surface area (Å²) in [5, 5.41) is 34.8. The number of benzene rings is 1. The summed E-state index contributed by atoms with van der Waals surface area (Å²) in [5.41, 5.74) is -0.934. The molecule has 2 aliphatic carbocycles. The number of carboxylic acid groups (broad SMARTS) is 1. The van der Waals surface area contributed by atoms with Crippen molar-refractivity contribution >= 4 is 28.9 Å². The Labute approximate surface area is 233 Å². The second-order valence-corrected chi connectivity index (χ2v) is 11.7. The third-order valence-electron chi connectivity index (χ3n) is 8.69. The summed E-state index contributed by atoms with van der Waals surface area (Å²) in [6.07, 6.45) is 6.23. The normalized spacial score (nSPS) is 21.8.